The summed E-state index contributed by atoms with van der Waals surface area (Å²) in [6.07, 6.45) is 1.39. The van der Waals surface area contributed by atoms with Crippen LogP contribution in [0.15, 0.2) is 59.7 Å². The van der Waals surface area contributed by atoms with Crippen molar-refractivity contribution >= 4 is 17.4 Å². The summed E-state index contributed by atoms with van der Waals surface area (Å²) in [6, 6.07) is 18.0. The van der Waals surface area contributed by atoms with Gasteiger partial charge >= 0.3 is 5.97 Å². The Labute approximate surface area is 129 Å². The lowest BCUT2D eigenvalue weighted by Crippen LogP contribution is -2.18. The summed E-state index contributed by atoms with van der Waals surface area (Å²) in [4.78, 5) is 11.3. The minimum Gasteiger partial charge on any atom is -0.477 e. The van der Waals surface area contributed by atoms with Crippen molar-refractivity contribution in [1.29, 1.82) is 0 Å². The van der Waals surface area contributed by atoms with E-state index in [0.717, 1.165) is 17.7 Å². The lowest BCUT2D eigenvalue weighted by Gasteiger charge is -2.24. The third-order valence-corrected chi connectivity index (χ3v) is 3.95. The van der Waals surface area contributed by atoms with Gasteiger partial charge in [0.25, 0.3) is 0 Å². The number of carboxylic acids is 1. The van der Waals surface area contributed by atoms with Crippen LogP contribution in [0.4, 0.5) is 5.69 Å². The van der Waals surface area contributed by atoms with E-state index in [1.165, 1.54) is 5.56 Å². The standard InChI is InChI=1S/C18H18N2O2/c1-2-13-8-10-15(11-9-13)20-17(12-16(19-20)18(21)22)14-6-4-3-5-7-14/h3-11,17H,2,12H2,1H3,(H,21,22)/t17-/m1/s1. The largest absolute Gasteiger partial charge is 0.477 e. The molecule has 0 fully saturated rings. The van der Waals surface area contributed by atoms with E-state index in [4.69, 9.17) is 0 Å². The molecule has 1 N–H and O–H groups in total. The van der Waals surface area contributed by atoms with Crippen LogP contribution < -0.4 is 5.01 Å². The fraction of sp³-hybridized carbons (Fsp3) is 0.222. The number of hydrogen-bond donors (Lipinski definition) is 1. The van der Waals surface area contributed by atoms with Crippen LogP contribution in [0.25, 0.3) is 0 Å². The summed E-state index contributed by atoms with van der Waals surface area (Å²) >= 11 is 0. The van der Waals surface area contributed by atoms with Crippen LogP contribution in [0.3, 0.4) is 0 Å². The molecule has 4 nitrogen and oxygen atoms in total. The highest BCUT2D eigenvalue weighted by Gasteiger charge is 2.32. The number of anilines is 1. The SMILES string of the molecule is CCc1ccc(N2N=C(C(=O)O)C[C@@H]2c2ccccc2)cc1. The molecule has 4 heteroatoms. The first kappa shape index (κ1) is 14.3. The van der Waals surface area contributed by atoms with E-state index >= 15 is 0 Å². The number of rotatable bonds is 4. The number of carbonyl (C=O) groups is 1. The third kappa shape index (κ3) is 2.72. The summed E-state index contributed by atoms with van der Waals surface area (Å²) in [5.74, 6) is -0.950. The van der Waals surface area contributed by atoms with Gasteiger partial charge in [0.2, 0.25) is 0 Å². The molecule has 2 aromatic rings. The molecule has 1 atom stereocenters. The smallest absolute Gasteiger partial charge is 0.352 e. The number of hydrogen-bond acceptors (Lipinski definition) is 3. The third-order valence-electron chi connectivity index (χ3n) is 3.95. The fourth-order valence-electron chi connectivity index (χ4n) is 2.70. The van der Waals surface area contributed by atoms with Crippen molar-refractivity contribution in [3.05, 3.63) is 65.7 Å². The lowest BCUT2D eigenvalue weighted by atomic mass is 10.0. The van der Waals surface area contributed by atoms with Crippen molar-refractivity contribution < 1.29 is 9.90 Å². The number of carboxylic acid groups (broad SMARTS) is 1. The number of nitrogens with zero attached hydrogens (tertiary/aromatic N) is 2. The minimum absolute atomic E-state index is 0.0697. The van der Waals surface area contributed by atoms with E-state index in [1.807, 2.05) is 47.5 Å². The van der Waals surface area contributed by atoms with Gasteiger partial charge < -0.3 is 5.11 Å². The molecule has 112 valence electrons. The van der Waals surface area contributed by atoms with Crippen LogP contribution in [0.5, 0.6) is 0 Å². The second kappa shape index (κ2) is 6.02. The number of benzene rings is 2. The zero-order chi connectivity index (χ0) is 15.5. The molecule has 0 radical (unpaired) electrons. The molecule has 1 aliphatic heterocycles. The molecule has 0 bridgehead atoms. The molecule has 0 amide bonds. The van der Waals surface area contributed by atoms with Gasteiger partial charge in [0, 0.05) is 6.42 Å². The van der Waals surface area contributed by atoms with Gasteiger partial charge in [-0.15, -0.1) is 0 Å². The number of hydrazone groups is 1. The van der Waals surface area contributed by atoms with Crippen LogP contribution >= 0.6 is 0 Å². The highest BCUT2D eigenvalue weighted by atomic mass is 16.4. The Morgan fingerprint density at radius 1 is 1.18 bits per heavy atom. The Morgan fingerprint density at radius 2 is 1.86 bits per heavy atom. The molecular weight excluding hydrogens is 276 g/mol. The molecule has 22 heavy (non-hydrogen) atoms. The number of aliphatic carboxylic acids is 1. The topological polar surface area (TPSA) is 52.9 Å². The average molecular weight is 294 g/mol. The molecule has 3 rings (SSSR count). The maximum atomic E-state index is 11.3. The Kier molecular flexibility index (Phi) is 3.92. The maximum Gasteiger partial charge on any atom is 0.352 e. The zero-order valence-electron chi connectivity index (χ0n) is 12.4. The summed E-state index contributed by atoms with van der Waals surface area (Å²) in [6.45, 7) is 2.11. The van der Waals surface area contributed by atoms with Crippen LogP contribution in [-0.4, -0.2) is 16.8 Å². The molecule has 0 unspecified atom stereocenters. The quantitative estimate of drug-likeness (QED) is 0.936. The van der Waals surface area contributed by atoms with Gasteiger partial charge in [-0.2, -0.15) is 5.10 Å². The Bertz CT molecular complexity index is 693. The van der Waals surface area contributed by atoms with Crippen LogP contribution in [0.2, 0.25) is 0 Å². The van der Waals surface area contributed by atoms with Crippen LogP contribution in [0.1, 0.15) is 30.5 Å². The first-order chi connectivity index (χ1) is 10.7. The van der Waals surface area contributed by atoms with Gasteiger partial charge in [0.05, 0.1) is 11.7 Å². The van der Waals surface area contributed by atoms with Gasteiger partial charge in [-0.25, -0.2) is 4.79 Å². The highest BCUT2D eigenvalue weighted by Crippen LogP contribution is 2.35. The van der Waals surface area contributed by atoms with Crippen LogP contribution in [0, 0.1) is 0 Å². The maximum absolute atomic E-state index is 11.3. The first-order valence-electron chi connectivity index (χ1n) is 7.43. The second-order valence-corrected chi connectivity index (χ2v) is 5.35. The normalized spacial score (nSPS) is 17.4. The molecule has 1 heterocycles. The van der Waals surface area contributed by atoms with Crippen LogP contribution in [-0.2, 0) is 11.2 Å². The Balaban J connectivity index is 1.97. The molecule has 0 spiro atoms. The van der Waals surface area contributed by atoms with E-state index < -0.39 is 5.97 Å². The van der Waals surface area contributed by atoms with E-state index in [2.05, 4.69) is 24.2 Å². The summed E-state index contributed by atoms with van der Waals surface area (Å²) in [5, 5.41) is 15.4. The molecule has 1 aliphatic rings. The molecule has 0 aromatic heterocycles. The predicted molar refractivity (Wildman–Crippen MR) is 87.2 cm³/mol. The van der Waals surface area contributed by atoms with Crippen molar-refractivity contribution in [2.75, 3.05) is 5.01 Å². The van der Waals surface area contributed by atoms with Crippen molar-refractivity contribution in [1.82, 2.24) is 0 Å². The Morgan fingerprint density at radius 3 is 2.45 bits per heavy atom. The fourth-order valence-corrected chi connectivity index (χ4v) is 2.70. The zero-order valence-corrected chi connectivity index (χ0v) is 12.4. The predicted octanol–water partition coefficient (Wildman–Crippen LogP) is 3.64. The summed E-state index contributed by atoms with van der Waals surface area (Å²) < 4.78 is 0. The number of aryl methyl sites for hydroxylation is 1. The molecule has 0 saturated carbocycles. The van der Waals surface area contributed by atoms with E-state index in [0.29, 0.717) is 6.42 Å². The van der Waals surface area contributed by atoms with Gasteiger partial charge in [-0.05, 0) is 29.7 Å². The summed E-state index contributed by atoms with van der Waals surface area (Å²) in [7, 11) is 0. The van der Waals surface area contributed by atoms with E-state index in [-0.39, 0.29) is 11.8 Å². The Hall–Kier alpha value is -2.62. The van der Waals surface area contributed by atoms with E-state index in [9.17, 15) is 9.90 Å². The van der Waals surface area contributed by atoms with Gasteiger partial charge in [0.15, 0.2) is 0 Å². The second-order valence-electron chi connectivity index (χ2n) is 5.35. The van der Waals surface area contributed by atoms with Crippen molar-refractivity contribution in [2.45, 2.75) is 25.8 Å². The molecular formula is C18H18N2O2. The minimum atomic E-state index is -0.950. The monoisotopic (exact) mass is 294 g/mol. The van der Waals surface area contributed by atoms with E-state index in [1.54, 1.807) is 0 Å². The molecule has 0 saturated heterocycles. The van der Waals surface area contributed by atoms with Gasteiger partial charge in [-0.1, -0.05) is 49.4 Å². The van der Waals surface area contributed by atoms with Crippen molar-refractivity contribution in [3.8, 4) is 0 Å². The average Bonchev–Trinajstić information content (AvgIpc) is 3.01. The van der Waals surface area contributed by atoms with Crippen molar-refractivity contribution in [2.24, 2.45) is 5.10 Å². The van der Waals surface area contributed by atoms with Crippen molar-refractivity contribution in [3.63, 3.8) is 0 Å². The summed E-state index contributed by atoms with van der Waals surface area (Å²) in [5.41, 5.74) is 3.44. The van der Waals surface area contributed by atoms with Gasteiger partial charge in [0.1, 0.15) is 5.71 Å². The highest BCUT2D eigenvalue weighted by molar-refractivity contribution is 6.36. The lowest BCUT2D eigenvalue weighted by molar-refractivity contribution is -0.129. The van der Waals surface area contributed by atoms with Gasteiger partial charge in [-0.3, -0.25) is 5.01 Å². The molecule has 2 aromatic carbocycles. The molecule has 0 aliphatic carbocycles. The first-order valence-corrected chi connectivity index (χ1v) is 7.43.